The molecule has 94 valence electrons. The summed E-state index contributed by atoms with van der Waals surface area (Å²) in [5, 5.41) is 3.52. The Labute approximate surface area is 111 Å². The molecule has 18 heavy (non-hydrogen) atoms. The zero-order chi connectivity index (χ0) is 12.8. The molecule has 0 aliphatic carbocycles. The van der Waals surface area contributed by atoms with E-state index in [9.17, 15) is 4.79 Å². The van der Waals surface area contributed by atoms with Crippen LogP contribution in [-0.2, 0) is 6.54 Å². The van der Waals surface area contributed by atoms with Crippen molar-refractivity contribution in [3.8, 4) is 0 Å². The Hall–Kier alpha value is -1.74. The molecular weight excluding hydrogens is 248 g/mol. The minimum atomic E-state index is -0.0563. The molecule has 0 atom stereocenters. The lowest BCUT2D eigenvalue weighted by Gasteiger charge is -2.06. The van der Waals surface area contributed by atoms with Crippen LogP contribution >= 0.6 is 11.6 Å². The summed E-state index contributed by atoms with van der Waals surface area (Å²) < 4.78 is 2.09. The average Bonchev–Trinajstić information content (AvgIpc) is 2.88. The second-order valence-corrected chi connectivity index (χ2v) is 4.47. The highest BCUT2D eigenvalue weighted by atomic mass is 35.5. The third-order valence-electron chi connectivity index (χ3n) is 2.65. The van der Waals surface area contributed by atoms with Crippen LogP contribution in [-0.4, -0.2) is 17.0 Å². The maximum Gasteiger partial charge on any atom is 0.251 e. The summed E-state index contributed by atoms with van der Waals surface area (Å²) in [7, 11) is 0. The first-order valence-electron chi connectivity index (χ1n) is 5.90. The molecule has 0 aliphatic heterocycles. The van der Waals surface area contributed by atoms with Gasteiger partial charge >= 0.3 is 0 Å². The maximum atomic E-state index is 11.8. The summed E-state index contributed by atoms with van der Waals surface area (Å²) in [6, 6.07) is 10.9. The molecule has 0 spiro atoms. The lowest BCUT2D eigenvalue weighted by atomic mass is 10.2. The van der Waals surface area contributed by atoms with Gasteiger partial charge in [0.05, 0.1) is 0 Å². The smallest absolute Gasteiger partial charge is 0.251 e. The molecule has 0 saturated carbocycles. The number of hydrogen-bond acceptors (Lipinski definition) is 1. The lowest BCUT2D eigenvalue weighted by Crippen LogP contribution is -2.25. The summed E-state index contributed by atoms with van der Waals surface area (Å²) in [5.74, 6) is -0.0563. The zero-order valence-corrected chi connectivity index (χ0v) is 10.7. The molecule has 2 aromatic rings. The number of amides is 1. The zero-order valence-electron chi connectivity index (χ0n) is 9.97. The molecule has 0 radical (unpaired) electrons. The molecule has 0 saturated heterocycles. The van der Waals surface area contributed by atoms with Crippen LogP contribution in [0.3, 0.4) is 0 Å². The molecular formula is C14H15ClN2O. The Bertz CT molecular complexity index is 491. The Morgan fingerprint density at radius 1 is 1.17 bits per heavy atom. The van der Waals surface area contributed by atoms with Gasteiger partial charge in [0.25, 0.3) is 5.91 Å². The standard InChI is InChI=1S/C14H15ClN2O/c15-13-6-4-12(5-7-13)14(18)16-8-3-11-17-9-1-2-10-17/h1-2,4-7,9-10H,3,8,11H2,(H,16,18). The summed E-state index contributed by atoms with van der Waals surface area (Å²) in [6.07, 6.45) is 4.94. The van der Waals surface area contributed by atoms with Crippen LogP contribution in [0.2, 0.25) is 5.02 Å². The van der Waals surface area contributed by atoms with Gasteiger partial charge in [0.1, 0.15) is 0 Å². The van der Waals surface area contributed by atoms with E-state index in [1.807, 2.05) is 24.5 Å². The van der Waals surface area contributed by atoms with Gasteiger partial charge in [-0.25, -0.2) is 0 Å². The van der Waals surface area contributed by atoms with Gasteiger partial charge in [-0.3, -0.25) is 4.79 Å². The van der Waals surface area contributed by atoms with Crippen molar-refractivity contribution in [3.63, 3.8) is 0 Å². The Balaban J connectivity index is 1.73. The molecule has 2 rings (SSSR count). The van der Waals surface area contributed by atoms with Crippen molar-refractivity contribution in [3.05, 3.63) is 59.4 Å². The highest BCUT2D eigenvalue weighted by Crippen LogP contribution is 2.09. The van der Waals surface area contributed by atoms with Gasteiger partial charge in [-0.1, -0.05) is 11.6 Å². The fraction of sp³-hybridized carbons (Fsp3) is 0.214. The van der Waals surface area contributed by atoms with Crippen molar-refractivity contribution in [1.82, 2.24) is 9.88 Å². The number of hydrogen-bond donors (Lipinski definition) is 1. The topological polar surface area (TPSA) is 34.0 Å². The Morgan fingerprint density at radius 3 is 2.50 bits per heavy atom. The number of benzene rings is 1. The van der Waals surface area contributed by atoms with Crippen molar-refractivity contribution >= 4 is 17.5 Å². The van der Waals surface area contributed by atoms with E-state index in [1.165, 1.54) is 0 Å². The highest BCUT2D eigenvalue weighted by molar-refractivity contribution is 6.30. The molecule has 0 fully saturated rings. The molecule has 1 N–H and O–H groups in total. The van der Waals surface area contributed by atoms with Gasteiger partial charge < -0.3 is 9.88 Å². The van der Waals surface area contributed by atoms with Crippen LogP contribution < -0.4 is 5.32 Å². The molecule has 1 heterocycles. The van der Waals surface area contributed by atoms with Crippen LogP contribution in [0.15, 0.2) is 48.8 Å². The summed E-state index contributed by atoms with van der Waals surface area (Å²) in [6.45, 7) is 1.58. The molecule has 3 nitrogen and oxygen atoms in total. The van der Waals surface area contributed by atoms with E-state index in [4.69, 9.17) is 11.6 Å². The first kappa shape index (κ1) is 12.7. The van der Waals surface area contributed by atoms with E-state index in [1.54, 1.807) is 24.3 Å². The highest BCUT2D eigenvalue weighted by Gasteiger charge is 2.03. The van der Waals surface area contributed by atoms with Crippen molar-refractivity contribution < 1.29 is 4.79 Å². The minimum absolute atomic E-state index is 0.0563. The van der Waals surface area contributed by atoms with Gasteiger partial charge in [0.15, 0.2) is 0 Å². The molecule has 4 heteroatoms. The van der Waals surface area contributed by atoms with Gasteiger partial charge in [-0.2, -0.15) is 0 Å². The van der Waals surface area contributed by atoms with E-state index in [2.05, 4.69) is 9.88 Å². The third kappa shape index (κ3) is 3.64. The Kier molecular flexibility index (Phi) is 4.42. The van der Waals surface area contributed by atoms with E-state index in [-0.39, 0.29) is 5.91 Å². The number of rotatable bonds is 5. The Morgan fingerprint density at radius 2 is 1.83 bits per heavy atom. The van der Waals surface area contributed by atoms with Crippen LogP contribution in [0.25, 0.3) is 0 Å². The van der Waals surface area contributed by atoms with E-state index >= 15 is 0 Å². The number of aryl methyl sites for hydroxylation is 1. The van der Waals surface area contributed by atoms with Crippen molar-refractivity contribution in [2.75, 3.05) is 6.54 Å². The minimum Gasteiger partial charge on any atom is -0.354 e. The fourth-order valence-corrected chi connectivity index (χ4v) is 1.81. The quantitative estimate of drug-likeness (QED) is 0.826. The van der Waals surface area contributed by atoms with Crippen molar-refractivity contribution in [1.29, 1.82) is 0 Å². The number of nitrogens with zero attached hydrogens (tertiary/aromatic N) is 1. The molecule has 0 bridgehead atoms. The molecule has 1 aromatic heterocycles. The fourth-order valence-electron chi connectivity index (χ4n) is 1.69. The number of aromatic nitrogens is 1. The molecule has 1 aromatic carbocycles. The number of nitrogens with one attached hydrogen (secondary N) is 1. The van der Waals surface area contributed by atoms with Crippen LogP contribution in [0.1, 0.15) is 16.8 Å². The van der Waals surface area contributed by atoms with Crippen LogP contribution in [0.5, 0.6) is 0 Å². The predicted octanol–water partition coefficient (Wildman–Crippen LogP) is 2.96. The second-order valence-electron chi connectivity index (χ2n) is 4.04. The van der Waals surface area contributed by atoms with E-state index in [0.29, 0.717) is 17.1 Å². The number of carbonyl (C=O) groups excluding carboxylic acids is 1. The summed E-state index contributed by atoms with van der Waals surface area (Å²) >= 11 is 5.77. The van der Waals surface area contributed by atoms with Gasteiger partial charge in [-0.15, -0.1) is 0 Å². The SMILES string of the molecule is O=C(NCCCn1cccc1)c1ccc(Cl)cc1. The molecule has 1 amide bonds. The summed E-state index contributed by atoms with van der Waals surface area (Å²) in [5.41, 5.74) is 0.639. The number of carbonyl (C=O) groups is 1. The predicted molar refractivity (Wildman–Crippen MR) is 72.8 cm³/mol. The van der Waals surface area contributed by atoms with E-state index < -0.39 is 0 Å². The largest absolute Gasteiger partial charge is 0.354 e. The van der Waals surface area contributed by atoms with Crippen LogP contribution in [0.4, 0.5) is 0 Å². The van der Waals surface area contributed by atoms with E-state index in [0.717, 1.165) is 13.0 Å². The average molecular weight is 263 g/mol. The van der Waals surface area contributed by atoms with Gasteiger partial charge in [0, 0.05) is 36.1 Å². The normalized spacial score (nSPS) is 10.3. The van der Waals surface area contributed by atoms with Crippen molar-refractivity contribution in [2.24, 2.45) is 0 Å². The van der Waals surface area contributed by atoms with Gasteiger partial charge in [0.2, 0.25) is 0 Å². The third-order valence-corrected chi connectivity index (χ3v) is 2.90. The maximum absolute atomic E-state index is 11.8. The first-order valence-corrected chi connectivity index (χ1v) is 6.28. The second kappa shape index (κ2) is 6.26. The monoisotopic (exact) mass is 262 g/mol. The molecule has 0 aliphatic rings. The number of halogens is 1. The molecule has 0 unspecified atom stereocenters. The van der Waals surface area contributed by atoms with Crippen LogP contribution in [0, 0.1) is 0 Å². The van der Waals surface area contributed by atoms with Gasteiger partial charge in [-0.05, 0) is 42.8 Å². The first-order chi connectivity index (χ1) is 8.75. The lowest BCUT2D eigenvalue weighted by molar-refractivity contribution is 0.0953. The summed E-state index contributed by atoms with van der Waals surface area (Å²) in [4.78, 5) is 11.8. The van der Waals surface area contributed by atoms with Crippen molar-refractivity contribution in [2.45, 2.75) is 13.0 Å².